The van der Waals surface area contributed by atoms with Gasteiger partial charge in [0.05, 0.1) is 0 Å². The Morgan fingerprint density at radius 3 is 2.38 bits per heavy atom. The van der Waals surface area contributed by atoms with Crippen LogP contribution in [0.15, 0.2) is 30.3 Å². The van der Waals surface area contributed by atoms with E-state index in [9.17, 15) is 4.79 Å². The lowest BCUT2D eigenvalue weighted by molar-refractivity contribution is 0.174. The molecule has 0 saturated heterocycles. The van der Waals surface area contributed by atoms with Crippen molar-refractivity contribution in [1.29, 1.82) is 0 Å². The third-order valence-electron chi connectivity index (χ3n) is 1.53. The van der Waals surface area contributed by atoms with Crippen LogP contribution in [0.25, 0.3) is 0 Å². The maximum absolute atomic E-state index is 10.5. The molecule has 3 nitrogen and oxygen atoms in total. The molecule has 0 aliphatic rings. The zero-order valence-corrected chi connectivity index (χ0v) is 8.45. The number of amides is 1. The summed E-state index contributed by atoms with van der Waals surface area (Å²) in [5.74, 6) is 0. The molecule has 1 aromatic carbocycles. The van der Waals surface area contributed by atoms with E-state index in [1.807, 2.05) is 18.2 Å². The fraction of sp³-hybridized carbons (Fsp3) is 0.125. The standard InChI is InChI=1S/C8H9NO2S2/c10-8(11)9(13)7(12)6-4-2-1-3-5-6/h1-5,7,12-13H,(H,10,11). The Bertz CT molecular complexity index is 291. The summed E-state index contributed by atoms with van der Waals surface area (Å²) in [5, 5.41) is 8.07. The fourth-order valence-electron chi connectivity index (χ4n) is 0.871. The summed E-state index contributed by atoms with van der Waals surface area (Å²) < 4.78 is 0.846. The summed E-state index contributed by atoms with van der Waals surface area (Å²) in [6.45, 7) is 0. The van der Waals surface area contributed by atoms with E-state index in [1.165, 1.54) is 0 Å². The number of hydrogen-bond donors (Lipinski definition) is 3. The van der Waals surface area contributed by atoms with Crippen molar-refractivity contribution < 1.29 is 9.90 Å². The monoisotopic (exact) mass is 215 g/mol. The molecule has 13 heavy (non-hydrogen) atoms. The van der Waals surface area contributed by atoms with E-state index in [2.05, 4.69) is 25.4 Å². The molecule has 0 fully saturated rings. The highest BCUT2D eigenvalue weighted by atomic mass is 32.1. The zero-order valence-electron chi connectivity index (χ0n) is 6.66. The minimum Gasteiger partial charge on any atom is -0.464 e. The van der Waals surface area contributed by atoms with Crippen LogP contribution in [-0.2, 0) is 0 Å². The Morgan fingerprint density at radius 2 is 1.92 bits per heavy atom. The third kappa shape index (κ3) is 2.57. The van der Waals surface area contributed by atoms with Crippen molar-refractivity contribution in [2.75, 3.05) is 0 Å². The van der Waals surface area contributed by atoms with Gasteiger partial charge in [0, 0.05) is 0 Å². The first-order valence-corrected chi connectivity index (χ1v) is 4.48. The van der Waals surface area contributed by atoms with Crippen molar-refractivity contribution in [3.05, 3.63) is 35.9 Å². The van der Waals surface area contributed by atoms with Gasteiger partial charge in [-0.2, -0.15) is 0 Å². The normalized spacial score (nSPS) is 12.2. The summed E-state index contributed by atoms with van der Waals surface area (Å²) in [4.78, 5) is 10.5. The van der Waals surface area contributed by atoms with E-state index in [4.69, 9.17) is 5.11 Å². The van der Waals surface area contributed by atoms with Crippen LogP contribution in [0, 0.1) is 0 Å². The van der Waals surface area contributed by atoms with Crippen LogP contribution >= 0.6 is 25.4 Å². The van der Waals surface area contributed by atoms with E-state index in [0.29, 0.717) is 0 Å². The largest absolute Gasteiger partial charge is 0.464 e. The Balaban J connectivity index is 2.79. The van der Waals surface area contributed by atoms with Gasteiger partial charge in [-0.1, -0.05) is 43.1 Å². The lowest BCUT2D eigenvalue weighted by Gasteiger charge is -2.19. The van der Waals surface area contributed by atoms with E-state index >= 15 is 0 Å². The Labute approximate surface area is 87.3 Å². The molecule has 1 amide bonds. The van der Waals surface area contributed by atoms with Gasteiger partial charge in [0.2, 0.25) is 0 Å². The van der Waals surface area contributed by atoms with Crippen molar-refractivity contribution in [1.82, 2.24) is 4.31 Å². The molecule has 1 N–H and O–H groups in total. The maximum atomic E-state index is 10.5. The second-order valence-corrected chi connectivity index (χ2v) is 3.33. The van der Waals surface area contributed by atoms with Gasteiger partial charge < -0.3 is 5.11 Å². The van der Waals surface area contributed by atoms with E-state index in [1.54, 1.807) is 12.1 Å². The van der Waals surface area contributed by atoms with Crippen molar-refractivity contribution in [3.63, 3.8) is 0 Å². The highest BCUT2D eigenvalue weighted by molar-refractivity contribution is 7.83. The fourth-order valence-corrected chi connectivity index (χ4v) is 1.28. The summed E-state index contributed by atoms with van der Waals surface area (Å²) >= 11 is 7.91. The number of carboxylic acid groups (broad SMARTS) is 1. The summed E-state index contributed by atoms with van der Waals surface area (Å²) in [7, 11) is 0. The topological polar surface area (TPSA) is 40.5 Å². The van der Waals surface area contributed by atoms with Crippen LogP contribution < -0.4 is 0 Å². The van der Waals surface area contributed by atoms with Gasteiger partial charge >= 0.3 is 6.09 Å². The Morgan fingerprint density at radius 1 is 1.38 bits per heavy atom. The highest BCUT2D eigenvalue weighted by Crippen LogP contribution is 2.25. The molecule has 0 saturated carbocycles. The molecular weight excluding hydrogens is 206 g/mol. The smallest absolute Gasteiger partial charge is 0.418 e. The van der Waals surface area contributed by atoms with Crippen LogP contribution in [-0.4, -0.2) is 15.5 Å². The van der Waals surface area contributed by atoms with E-state index in [0.717, 1.165) is 9.87 Å². The molecule has 0 aromatic heterocycles. The number of benzene rings is 1. The van der Waals surface area contributed by atoms with Gasteiger partial charge in [-0.25, -0.2) is 9.10 Å². The number of nitrogens with zero attached hydrogens (tertiary/aromatic N) is 1. The predicted octanol–water partition coefficient (Wildman–Crippen LogP) is 2.44. The molecule has 0 heterocycles. The average molecular weight is 215 g/mol. The molecule has 0 radical (unpaired) electrons. The van der Waals surface area contributed by atoms with Crippen LogP contribution in [0.5, 0.6) is 0 Å². The molecule has 1 rings (SSSR count). The molecule has 70 valence electrons. The summed E-state index contributed by atoms with van der Waals surface area (Å²) in [5.41, 5.74) is 0.795. The van der Waals surface area contributed by atoms with E-state index in [-0.39, 0.29) is 0 Å². The summed E-state index contributed by atoms with van der Waals surface area (Å²) in [6, 6.07) is 9.09. The number of carbonyl (C=O) groups is 1. The van der Waals surface area contributed by atoms with Crippen LogP contribution in [0.2, 0.25) is 0 Å². The number of hydrogen-bond acceptors (Lipinski definition) is 3. The molecule has 0 bridgehead atoms. The first-order chi connectivity index (χ1) is 6.13. The van der Waals surface area contributed by atoms with Gasteiger partial charge in [0.15, 0.2) is 0 Å². The van der Waals surface area contributed by atoms with Gasteiger partial charge in [0.25, 0.3) is 0 Å². The van der Waals surface area contributed by atoms with Crippen LogP contribution in [0.1, 0.15) is 10.9 Å². The Kier molecular flexibility index (Phi) is 3.50. The number of thiol groups is 2. The molecule has 1 atom stereocenters. The van der Waals surface area contributed by atoms with Gasteiger partial charge in [-0.05, 0) is 5.56 Å². The molecule has 1 aromatic rings. The van der Waals surface area contributed by atoms with Crippen molar-refractivity contribution in [2.45, 2.75) is 5.37 Å². The number of rotatable bonds is 2. The molecular formula is C8H9NO2S2. The second kappa shape index (κ2) is 4.43. The minimum atomic E-state index is -1.12. The van der Waals surface area contributed by atoms with Crippen molar-refractivity contribution in [2.24, 2.45) is 0 Å². The first-order valence-electron chi connectivity index (χ1n) is 3.57. The lowest BCUT2D eigenvalue weighted by atomic mass is 10.2. The van der Waals surface area contributed by atoms with Crippen LogP contribution in [0.4, 0.5) is 4.79 Å². The average Bonchev–Trinajstić information content (AvgIpc) is 2.17. The molecule has 0 aliphatic carbocycles. The first kappa shape index (κ1) is 10.3. The van der Waals surface area contributed by atoms with E-state index < -0.39 is 11.5 Å². The SMILES string of the molecule is O=C(O)N(S)C(S)c1ccccc1. The maximum Gasteiger partial charge on any atom is 0.418 e. The Hall–Kier alpha value is -0.810. The zero-order chi connectivity index (χ0) is 9.84. The van der Waals surface area contributed by atoms with Gasteiger partial charge in [-0.3, -0.25) is 0 Å². The van der Waals surface area contributed by atoms with Gasteiger partial charge in [-0.15, -0.1) is 12.6 Å². The molecule has 1 unspecified atom stereocenters. The summed E-state index contributed by atoms with van der Waals surface area (Å²) in [6.07, 6.45) is -1.12. The van der Waals surface area contributed by atoms with Crippen molar-refractivity contribution in [3.8, 4) is 0 Å². The van der Waals surface area contributed by atoms with Crippen LogP contribution in [0.3, 0.4) is 0 Å². The third-order valence-corrected chi connectivity index (χ3v) is 2.64. The lowest BCUT2D eigenvalue weighted by Crippen LogP contribution is -2.21. The minimum absolute atomic E-state index is 0.540. The highest BCUT2D eigenvalue weighted by Gasteiger charge is 2.17. The quantitative estimate of drug-likeness (QED) is 0.524. The van der Waals surface area contributed by atoms with Crippen molar-refractivity contribution >= 4 is 31.5 Å². The molecule has 0 aliphatic heterocycles. The molecule has 0 spiro atoms. The second-order valence-electron chi connectivity index (χ2n) is 2.41. The predicted molar refractivity (Wildman–Crippen MR) is 57.0 cm³/mol. The van der Waals surface area contributed by atoms with Gasteiger partial charge in [0.1, 0.15) is 5.37 Å². The molecule has 5 heteroatoms.